The second-order valence-corrected chi connectivity index (χ2v) is 2.64. The van der Waals surface area contributed by atoms with Crippen LogP contribution < -0.4 is 0 Å². The number of halogens is 1. The smallest absolute Gasteiger partial charge is 0.151 e. The van der Waals surface area contributed by atoms with Crippen molar-refractivity contribution >= 4 is 17.9 Å². The van der Waals surface area contributed by atoms with Gasteiger partial charge in [-0.2, -0.15) is 0 Å². The fourth-order valence-corrected chi connectivity index (χ4v) is 0.784. The van der Waals surface area contributed by atoms with Crippen LogP contribution in [-0.4, -0.2) is 57.0 Å². The number of aliphatic hydroxyl groups excluding tert-OH is 4. The Labute approximate surface area is 74.2 Å². The molecule has 0 aromatic carbocycles. The van der Waals surface area contributed by atoms with Gasteiger partial charge in [-0.3, -0.25) is 0 Å². The summed E-state index contributed by atoms with van der Waals surface area (Å²) < 4.78 is 0. The molecular weight excluding hydrogens is 188 g/mol. The average molecular weight is 199 g/mol. The Morgan fingerprint density at radius 3 is 2.00 bits per heavy atom. The maximum Gasteiger partial charge on any atom is 0.151 e. The molecule has 6 heteroatoms. The van der Waals surface area contributed by atoms with Crippen LogP contribution in [0.3, 0.4) is 0 Å². The predicted molar refractivity (Wildman–Crippen MR) is 40.8 cm³/mol. The van der Waals surface area contributed by atoms with E-state index in [1.807, 2.05) is 0 Å². The number of hydrogen-bond acceptors (Lipinski definition) is 5. The summed E-state index contributed by atoms with van der Waals surface area (Å²) in [5.41, 5.74) is 0. The van der Waals surface area contributed by atoms with Crippen molar-refractivity contribution in [2.24, 2.45) is 0 Å². The Morgan fingerprint density at radius 1 is 1.17 bits per heavy atom. The summed E-state index contributed by atoms with van der Waals surface area (Å²) in [6.07, 6.45) is -6.34. The van der Waals surface area contributed by atoms with Gasteiger partial charge in [-0.25, -0.2) is 0 Å². The summed E-state index contributed by atoms with van der Waals surface area (Å²) in [5.74, 6) is -0.288. The standard InChI is InChI=1S/C6H11ClO5/c7-1-3(9)5(11)6(12)4(10)2-8/h2-6,9-12H,1H2/t3-,4-,5+,6+/m1/s1. The highest BCUT2D eigenvalue weighted by atomic mass is 35.5. The molecule has 4 N–H and O–H groups in total. The Kier molecular flexibility index (Phi) is 5.36. The van der Waals surface area contributed by atoms with Crippen LogP contribution >= 0.6 is 11.6 Å². The number of rotatable bonds is 5. The van der Waals surface area contributed by atoms with Crippen LogP contribution in [0.1, 0.15) is 0 Å². The van der Waals surface area contributed by atoms with Crippen molar-refractivity contribution < 1.29 is 25.2 Å². The van der Waals surface area contributed by atoms with E-state index in [9.17, 15) is 4.79 Å². The second-order valence-electron chi connectivity index (χ2n) is 2.33. The van der Waals surface area contributed by atoms with Crippen molar-refractivity contribution in [1.29, 1.82) is 0 Å². The Morgan fingerprint density at radius 2 is 1.67 bits per heavy atom. The highest BCUT2D eigenvalue weighted by molar-refractivity contribution is 6.18. The molecule has 0 saturated heterocycles. The van der Waals surface area contributed by atoms with E-state index >= 15 is 0 Å². The molecule has 0 saturated carbocycles. The lowest BCUT2D eigenvalue weighted by molar-refractivity contribution is -0.132. The molecule has 0 radical (unpaired) electrons. The molecule has 0 rings (SSSR count). The van der Waals surface area contributed by atoms with Gasteiger partial charge >= 0.3 is 0 Å². The maximum atomic E-state index is 9.93. The SMILES string of the molecule is O=C[C@@H](O)[C@H](O)[C@@H](O)[C@H](O)CCl. The summed E-state index contributed by atoms with van der Waals surface area (Å²) in [4.78, 5) is 9.93. The molecule has 0 aliphatic carbocycles. The lowest BCUT2D eigenvalue weighted by Crippen LogP contribution is -2.45. The largest absolute Gasteiger partial charge is 0.389 e. The minimum Gasteiger partial charge on any atom is -0.389 e. The first-order valence-corrected chi connectivity index (χ1v) is 3.81. The highest BCUT2D eigenvalue weighted by Gasteiger charge is 2.29. The van der Waals surface area contributed by atoms with Crippen molar-refractivity contribution in [3.8, 4) is 0 Å². The molecule has 72 valence electrons. The molecule has 0 bridgehead atoms. The molecule has 0 spiro atoms. The second kappa shape index (κ2) is 5.45. The van der Waals surface area contributed by atoms with E-state index in [1.54, 1.807) is 0 Å². The number of carbonyl (C=O) groups excluding carboxylic acids is 1. The quantitative estimate of drug-likeness (QED) is 0.299. The first kappa shape index (κ1) is 11.8. The number of aldehydes is 1. The molecule has 12 heavy (non-hydrogen) atoms. The van der Waals surface area contributed by atoms with E-state index in [2.05, 4.69) is 0 Å². The van der Waals surface area contributed by atoms with Crippen molar-refractivity contribution in [2.45, 2.75) is 24.4 Å². The lowest BCUT2D eigenvalue weighted by atomic mass is 10.1. The zero-order valence-corrected chi connectivity index (χ0v) is 6.92. The van der Waals surface area contributed by atoms with Crippen LogP contribution in [0.2, 0.25) is 0 Å². The number of hydrogen-bond donors (Lipinski definition) is 4. The van der Waals surface area contributed by atoms with Crippen LogP contribution in [0.5, 0.6) is 0 Å². The van der Waals surface area contributed by atoms with Gasteiger partial charge in [-0.05, 0) is 0 Å². The zero-order valence-electron chi connectivity index (χ0n) is 6.17. The summed E-state index contributed by atoms with van der Waals surface area (Å²) in [6, 6.07) is 0. The van der Waals surface area contributed by atoms with Crippen LogP contribution in [-0.2, 0) is 4.79 Å². The molecule has 0 aromatic heterocycles. The predicted octanol–water partition coefficient (Wildman–Crippen LogP) is -2.13. The van der Waals surface area contributed by atoms with E-state index in [-0.39, 0.29) is 12.2 Å². The monoisotopic (exact) mass is 198 g/mol. The van der Waals surface area contributed by atoms with Crippen LogP contribution in [0.4, 0.5) is 0 Å². The molecule has 5 nitrogen and oxygen atoms in total. The Bertz CT molecular complexity index is 142. The van der Waals surface area contributed by atoms with Gasteiger partial charge in [0.25, 0.3) is 0 Å². The topological polar surface area (TPSA) is 98.0 Å². The highest BCUT2D eigenvalue weighted by Crippen LogP contribution is 2.04. The van der Waals surface area contributed by atoms with Crippen LogP contribution in [0.15, 0.2) is 0 Å². The third-order valence-corrected chi connectivity index (χ3v) is 1.71. The lowest BCUT2D eigenvalue weighted by Gasteiger charge is -2.22. The van der Waals surface area contributed by atoms with E-state index in [1.165, 1.54) is 0 Å². The summed E-state index contributed by atoms with van der Waals surface area (Å²) >= 11 is 5.15. The molecular formula is C6H11ClO5. The molecule has 0 amide bonds. The number of carbonyl (C=O) groups is 1. The van der Waals surface area contributed by atoms with E-state index in [4.69, 9.17) is 32.0 Å². The van der Waals surface area contributed by atoms with E-state index in [0.717, 1.165) is 0 Å². The van der Waals surface area contributed by atoms with Gasteiger partial charge in [0.1, 0.15) is 18.3 Å². The summed E-state index contributed by atoms with van der Waals surface area (Å²) in [5, 5.41) is 35.5. The van der Waals surface area contributed by atoms with Crippen LogP contribution in [0, 0.1) is 0 Å². The molecule has 0 aromatic rings. The van der Waals surface area contributed by atoms with Crippen molar-refractivity contribution in [1.82, 2.24) is 0 Å². The molecule has 4 atom stereocenters. The fraction of sp³-hybridized carbons (Fsp3) is 0.833. The van der Waals surface area contributed by atoms with Gasteiger partial charge < -0.3 is 25.2 Å². The van der Waals surface area contributed by atoms with Gasteiger partial charge in [0.15, 0.2) is 6.29 Å². The Balaban J connectivity index is 4.07. The minimum atomic E-state index is -1.71. The molecule has 0 aliphatic heterocycles. The first-order chi connectivity index (χ1) is 5.54. The van der Waals surface area contributed by atoms with Crippen molar-refractivity contribution in [3.05, 3.63) is 0 Å². The normalized spacial score (nSPS) is 21.1. The number of alkyl halides is 1. The third-order valence-electron chi connectivity index (χ3n) is 1.39. The van der Waals surface area contributed by atoms with Crippen molar-refractivity contribution in [3.63, 3.8) is 0 Å². The fourth-order valence-electron chi connectivity index (χ4n) is 0.601. The molecule has 0 heterocycles. The first-order valence-electron chi connectivity index (χ1n) is 3.28. The van der Waals surface area contributed by atoms with Gasteiger partial charge in [-0.15, -0.1) is 11.6 Å². The summed E-state index contributed by atoms with van der Waals surface area (Å²) in [6.45, 7) is 0. The van der Waals surface area contributed by atoms with E-state index < -0.39 is 24.4 Å². The maximum absolute atomic E-state index is 9.93. The van der Waals surface area contributed by atoms with Gasteiger partial charge in [0, 0.05) is 0 Å². The Hall–Kier alpha value is -0.200. The van der Waals surface area contributed by atoms with Gasteiger partial charge in [-0.1, -0.05) is 0 Å². The van der Waals surface area contributed by atoms with E-state index in [0.29, 0.717) is 0 Å². The van der Waals surface area contributed by atoms with Crippen LogP contribution in [0.25, 0.3) is 0 Å². The molecule has 0 aliphatic rings. The molecule has 0 fully saturated rings. The van der Waals surface area contributed by atoms with Gasteiger partial charge in [0.05, 0.1) is 12.0 Å². The summed E-state index contributed by atoms with van der Waals surface area (Å²) in [7, 11) is 0. The molecule has 0 unspecified atom stereocenters. The third kappa shape index (κ3) is 3.04. The average Bonchev–Trinajstić information content (AvgIpc) is 2.12. The zero-order chi connectivity index (χ0) is 9.72. The van der Waals surface area contributed by atoms with Crippen molar-refractivity contribution in [2.75, 3.05) is 5.88 Å². The minimum absolute atomic E-state index is 0.0643. The number of aliphatic hydroxyl groups is 4. The van der Waals surface area contributed by atoms with Gasteiger partial charge in [0.2, 0.25) is 0 Å².